The van der Waals surface area contributed by atoms with Crippen molar-refractivity contribution >= 4 is 12.6 Å². The molecular weight excluding hydrogens is 381 g/mol. The minimum Gasteiger partial charge on any atom is -0.457 e. The van der Waals surface area contributed by atoms with Gasteiger partial charge in [0.15, 0.2) is 6.29 Å². The molecule has 2 aromatic carbocycles. The highest BCUT2D eigenvalue weighted by atomic mass is 16.7. The maximum atomic E-state index is 8.96. The Labute approximate surface area is 177 Å². The van der Waals surface area contributed by atoms with E-state index in [2.05, 4.69) is 6.07 Å². The fourth-order valence-electron chi connectivity index (χ4n) is 3.57. The Kier molecular flexibility index (Phi) is 7.38. The van der Waals surface area contributed by atoms with E-state index in [0.29, 0.717) is 36.9 Å². The Balaban J connectivity index is 1.52. The van der Waals surface area contributed by atoms with E-state index in [1.807, 2.05) is 18.2 Å². The average Bonchev–Trinajstić information content (AvgIpc) is 3.08. The lowest BCUT2D eigenvalue weighted by Crippen LogP contribution is -2.39. The molecule has 0 amide bonds. The molecule has 6 nitrogen and oxygen atoms in total. The number of hydrogen-bond acceptors (Lipinski definition) is 6. The van der Waals surface area contributed by atoms with Crippen LogP contribution in [0.3, 0.4) is 0 Å². The zero-order valence-corrected chi connectivity index (χ0v) is 17.0. The van der Waals surface area contributed by atoms with Crippen LogP contribution in [0.25, 0.3) is 0 Å². The van der Waals surface area contributed by atoms with Crippen LogP contribution in [0, 0.1) is 11.3 Å². The summed E-state index contributed by atoms with van der Waals surface area (Å²) < 4.78 is 29.6. The standard InChI is InChI=1S/C23H26BNO5/c25-16-18-6-8-20(9-7-18)30-21-10-11-22(24-28-13-3-4-14-29-24)19(15-21)17-27-23-5-1-2-12-26-23/h6-11,15,23H,1-5,12-14,17H2. The molecule has 1 atom stereocenters. The van der Waals surface area contributed by atoms with Crippen molar-refractivity contribution in [3.05, 3.63) is 53.6 Å². The van der Waals surface area contributed by atoms with Gasteiger partial charge in [-0.05, 0) is 79.5 Å². The van der Waals surface area contributed by atoms with Crippen molar-refractivity contribution in [1.29, 1.82) is 5.26 Å². The molecule has 2 aromatic rings. The third kappa shape index (κ3) is 5.62. The Bertz CT molecular complexity index is 853. The number of hydrogen-bond donors (Lipinski definition) is 0. The maximum absolute atomic E-state index is 8.96. The van der Waals surface area contributed by atoms with E-state index in [0.717, 1.165) is 49.7 Å². The van der Waals surface area contributed by atoms with E-state index in [1.165, 1.54) is 0 Å². The minimum atomic E-state index is -0.401. The van der Waals surface area contributed by atoms with Gasteiger partial charge < -0.3 is 23.5 Å². The summed E-state index contributed by atoms with van der Waals surface area (Å²) >= 11 is 0. The van der Waals surface area contributed by atoms with E-state index >= 15 is 0 Å². The van der Waals surface area contributed by atoms with Crippen LogP contribution in [0.1, 0.15) is 43.2 Å². The molecule has 7 heteroatoms. The summed E-state index contributed by atoms with van der Waals surface area (Å²) in [5, 5.41) is 8.96. The first-order chi connectivity index (χ1) is 14.8. The van der Waals surface area contributed by atoms with Crippen molar-refractivity contribution in [1.82, 2.24) is 0 Å². The molecule has 30 heavy (non-hydrogen) atoms. The Morgan fingerprint density at radius 2 is 1.67 bits per heavy atom. The Morgan fingerprint density at radius 3 is 2.37 bits per heavy atom. The Morgan fingerprint density at radius 1 is 0.933 bits per heavy atom. The summed E-state index contributed by atoms with van der Waals surface area (Å²) in [7, 11) is -0.401. The summed E-state index contributed by atoms with van der Waals surface area (Å²) in [6, 6.07) is 15.0. The normalized spacial score (nSPS) is 19.7. The average molecular weight is 407 g/mol. The van der Waals surface area contributed by atoms with Crippen LogP contribution in [0.5, 0.6) is 11.5 Å². The molecule has 0 aromatic heterocycles. The van der Waals surface area contributed by atoms with Crippen LogP contribution in [-0.4, -0.2) is 33.2 Å². The second-order valence-electron chi connectivity index (χ2n) is 7.49. The van der Waals surface area contributed by atoms with Crippen molar-refractivity contribution in [3.8, 4) is 17.6 Å². The fraction of sp³-hybridized carbons (Fsp3) is 0.435. The second kappa shape index (κ2) is 10.6. The second-order valence-corrected chi connectivity index (χ2v) is 7.49. The quantitative estimate of drug-likeness (QED) is 0.677. The molecule has 0 saturated carbocycles. The fourth-order valence-corrected chi connectivity index (χ4v) is 3.57. The minimum absolute atomic E-state index is 0.175. The predicted molar refractivity (Wildman–Crippen MR) is 113 cm³/mol. The van der Waals surface area contributed by atoms with Crippen molar-refractivity contribution in [2.75, 3.05) is 19.8 Å². The van der Waals surface area contributed by atoms with Crippen LogP contribution in [0.15, 0.2) is 42.5 Å². The molecule has 4 rings (SSSR count). The van der Waals surface area contributed by atoms with Crippen LogP contribution >= 0.6 is 0 Å². The largest absolute Gasteiger partial charge is 0.494 e. The topological polar surface area (TPSA) is 69.9 Å². The summed E-state index contributed by atoms with van der Waals surface area (Å²) in [4.78, 5) is 0. The molecular formula is C23H26BNO5. The Hall–Kier alpha value is -2.37. The molecule has 0 radical (unpaired) electrons. The van der Waals surface area contributed by atoms with Crippen molar-refractivity contribution < 1.29 is 23.5 Å². The summed E-state index contributed by atoms with van der Waals surface area (Å²) in [5.41, 5.74) is 2.52. The lowest BCUT2D eigenvalue weighted by atomic mass is 9.75. The molecule has 1 unspecified atom stereocenters. The number of nitriles is 1. The van der Waals surface area contributed by atoms with Gasteiger partial charge in [0.25, 0.3) is 0 Å². The molecule has 0 bridgehead atoms. The van der Waals surface area contributed by atoms with Gasteiger partial charge in [0.2, 0.25) is 0 Å². The van der Waals surface area contributed by atoms with Crippen LogP contribution < -0.4 is 10.2 Å². The highest BCUT2D eigenvalue weighted by Gasteiger charge is 2.27. The molecule has 156 valence electrons. The van der Waals surface area contributed by atoms with Crippen LogP contribution in [0.4, 0.5) is 0 Å². The summed E-state index contributed by atoms with van der Waals surface area (Å²) in [5.74, 6) is 1.37. The first kappa shape index (κ1) is 20.9. The van der Waals surface area contributed by atoms with Gasteiger partial charge in [-0.2, -0.15) is 5.26 Å². The molecule has 0 spiro atoms. The van der Waals surface area contributed by atoms with E-state index in [1.54, 1.807) is 24.3 Å². The molecule has 2 aliphatic rings. The van der Waals surface area contributed by atoms with Crippen molar-refractivity contribution in [2.45, 2.75) is 45.0 Å². The van der Waals surface area contributed by atoms with Gasteiger partial charge >= 0.3 is 7.12 Å². The van der Waals surface area contributed by atoms with Gasteiger partial charge in [-0.1, -0.05) is 6.07 Å². The van der Waals surface area contributed by atoms with Gasteiger partial charge in [-0.15, -0.1) is 0 Å². The van der Waals surface area contributed by atoms with Crippen LogP contribution in [-0.2, 0) is 25.4 Å². The number of benzene rings is 2. The number of nitrogens with zero attached hydrogens (tertiary/aromatic N) is 1. The first-order valence-corrected chi connectivity index (χ1v) is 10.6. The van der Waals surface area contributed by atoms with Gasteiger partial charge in [0.1, 0.15) is 11.5 Å². The van der Waals surface area contributed by atoms with E-state index < -0.39 is 7.12 Å². The molecule has 2 aliphatic heterocycles. The monoisotopic (exact) mass is 407 g/mol. The molecule has 2 fully saturated rings. The summed E-state index contributed by atoms with van der Waals surface area (Å²) in [6.07, 6.45) is 4.94. The van der Waals surface area contributed by atoms with Gasteiger partial charge in [-0.3, -0.25) is 0 Å². The lowest BCUT2D eigenvalue weighted by molar-refractivity contribution is -0.168. The highest BCUT2D eigenvalue weighted by molar-refractivity contribution is 6.61. The third-order valence-corrected chi connectivity index (χ3v) is 5.23. The van der Waals surface area contributed by atoms with Gasteiger partial charge in [0.05, 0.1) is 18.2 Å². The highest BCUT2D eigenvalue weighted by Crippen LogP contribution is 2.24. The zero-order chi connectivity index (χ0) is 20.6. The van der Waals surface area contributed by atoms with Crippen molar-refractivity contribution in [2.24, 2.45) is 0 Å². The number of rotatable bonds is 6. The van der Waals surface area contributed by atoms with E-state index in [-0.39, 0.29) is 6.29 Å². The molecule has 2 saturated heterocycles. The lowest BCUT2D eigenvalue weighted by Gasteiger charge is -2.24. The first-order valence-electron chi connectivity index (χ1n) is 10.6. The smallest absolute Gasteiger partial charge is 0.457 e. The van der Waals surface area contributed by atoms with Gasteiger partial charge in [0, 0.05) is 19.8 Å². The SMILES string of the molecule is N#Cc1ccc(Oc2ccc(B3OCCCCO3)c(COC3CCCCO3)c2)cc1. The molecule has 0 aliphatic carbocycles. The van der Waals surface area contributed by atoms with E-state index in [9.17, 15) is 0 Å². The maximum Gasteiger partial charge on any atom is 0.494 e. The van der Waals surface area contributed by atoms with Crippen molar-refractivity contribution in [3.63, 3.8) is 0 Å². The van der Waals surface area contributed by atoms with Gasteiger partial charge in [-0.25, -0.2) is 0 Å². The van der Waals surface area contributed by atoms with Crippen LogP contribution in [0.2, 0.25) is 0 Å². The molecule has 0 N–H and O–H groups in total. The molecule has 2 heterocycles. The zero-order valence-electron chi connectivity index (χ0n) is 17.0. The number of ether oxygens (including phenoxy) is 3. The summed E-state index contributed by atoms with van der Waals surface area (Å²) in [6.45, 7) is 2.50. The third-order valence-electron chi connectivity index (χ3n) is 5.23. The predicted octanol–water partition coefficient (Wildman–Crippen LogP) is 3.92. The van der Waals surface area contributed by atoms with E-state index in [4.69, 9.17) is 28.8 Å².